The summed E-state index contributed by atoms with van der Waals surface area (Å²) in [6, 6.07) is 25.7. The first-order valence-electron chi connectivity index (χ1n) is 11.7. The second-order valence-electron chi connectivity index (χ2n) is 8.41. The molecule has 0 saturated heterocycles. The van der Waals surface area contributed by atoms with Crippen LogP contribution in [0.15, 0.2) is 84.9 Å². The Kier molecular flexibility index (Phi) is 9.57. The number of carbonyl (C=O) groups excluding carboxylic acids is 3. The minimum absolute atomic E-state index is 0.113. The molecule has 0 fully saturated rings. The lowest BCUT2D eigenvalue weighted by molar-refractivity contribution is -0.131. The van der Waals surface area contributed by atoms with E-state index in [1.807, 2.05) is 84.9 Å². The van der Waals surface area contributed by atoms with E-state index in [-0.39, 0.29) is 25.3 Å². The summed E-state index contributed by atoms with van der Waals surface area (Å²) in [6.07, 6.45) is 1.33. The Balaban J connectivity index is 1.67. The third-order valence-corrected chi connectivity index (χ3v) is 5.75. The molecule has 0 aliphatic carbocycles. The molecule has 7 nitrogen and oxygen atoms in total. The molecule has 182 valence electrons. The largest absolute Gasteiger partial charge is 0.368 e. The van der Waals surface area contributed by atoms with Crippen molar-refractivity contribution in [1.29, 1.82) is 0 Å². The summed E-state index contributed by atoms with van der Waals surface area (Å²) >= 11 is 0. The summed E-state index contributed by atoms with van der Waals surface area (Å²) in [5, 5.41) is 5.47. The third kappa shape index (κ3) is 8.08. The van der Waals surface area contributed by atoms with E-state index in [0.29, 0.717) is 12.8 Å². The minimum Gasteiger partial charge on any atom is -0.368 e. The molecule has 0 aromatic heterocycles. The van der Waals surface area contributed by atoms with E-state index < -0.39 is 23.9 Å². The van der Waals surface area contributed by atoms with E-state index in [9.17, 15) is 14.4 Å². The van der Waals surface area contributed by atoms with Crippen LogP contribution in [0.4, 0.5) is 0 Å². The fraction of sp³-hybridized carbons (Fsp3) is 0.250. The van der Waals surface area contributed by atoms with Gasteiger partial charge in [0.05, 0.1) is 0 Å². The second-order valence-corrected chi connectivity index (χ2v) is 8.41. The lowest BCUT2D eigenvalue weighted by Crippen LogP contribution is -2.53. The van der Waals surface area contributed by atoms with Gasteiger partial charge in [0, 0.05) is 19.4 Å². The van der Waals surface area contributed by atoms with Gasteiger partial charge in [0.2, 0.25) is 17.7 Å². The first kappa shape index (κ1) is 25.6. The highest BCUT2D eigenvalue weighted by atomic mass is 16.2. The summed E-state index contributed by atoms with van der Waals surface area (Å²) in [7, 11) is 0. The Bertz CT molecular complexity index is 1100. The third-order valence-electron chi connectivity index (χ3n) is 5.75. The van der Waals surface area contributed by atoms with Crippen LogP contribution in [0, 0.1) is 0 Å². The van der Waals surface area contributed by atoms with Crippen molar-refractivity contribution in [3.63, 3.8) is 0 Å². The number of aryl methyl sites for hydroxylation is 1. The van der Waals surface area contributed by atoms with Crippen molar-refractivity contribution in [2.24, 2.45) is 11.5 Å². The summed E-state index contributed by atoms with van der Waals surface area (Å²) in [5.74, 6) is -1.40. The molecular weight excluding hydrogens is 440 g/mol. The molecule has 3 aromatic rings. The quantitative estimate of drug-likeness (QED) is 0.323. The Morgan fingerprint density at radius 1 is 0.714 bits per heavy atom. The Hall–Kier alpha value is -3.97. The van der Waals surface area contributed by atoms with Gasteiger partial charge in [0.25, 0.3) is 0 Å². The minimum atomic E-state index is -0.907. The lowest BCUT2D eigenvalue weighted by Gasteiger charge is -2.22. The van der Waals surface area contributed by atoms with Crippen LogP contribution in [-0.2, 0) is 27.2 Å². The molecule has 0 heterocycles. The molecule has 0 aliphatic rings. The number of rotatable bonds is 12. The van der Waals surface area contributed by atoms with Crippen LogP contribution < -0.4 is 22.1 Å². The van der Waals surface area contributed by atoms with Crippen LogP contribution in [0.2, 0.25) is 0 Å². The van der Waals surface area contributed by atoms with Crippen molar-refractivity contribution in [2.75, 3.05) is 6.54 Å². The molecule has 3 rings (SSSR count). The van der Waals surface area contributed by atoms with Crippen LogP contribution in [0.25, 0.3) is 11.1 Å². The number of benzene rings is 3. The fourth-order valence-corrected chi connectivity index (χ4v) is 3.82. The molecule has 7 heteroatoms. The molecule has 2 atom stereocenters. The van der Waals surface area contributed by atoms with Crippen molar-refractivity contribution in [1.82, 2.24) is 10.6 Å². The normalized spacial score (nSPS) is 12.4. The molecule has 3 aromatic carbocycles. The Morgan fingerprint density at radius 2 is 1.31 bits per heavy atom. The summed E-state index contributed by atoms with van der Waals surface area (Å²) in [6.45, 7) is 0.182. The Morgan fingerprint density at radius 3 is 1.91 bits per heavy atom. The zero-order valence-corrected chi connectivity index (χ0v) is 19.7. The summed E-state index contributed by atoms with van der Waals surface area (Å²) < 4.78 is 0. The highest BCUT2D eigenvalue weighted by Gasteiger charge is 2.25. The van der Waals surface area contributed by atoms with E-state index in [1.165, 1.54) is 0 Å². The van der Waals surface area contributed by atoms with Crippen LogP contribution in [0.3, 0.4) is 0 Å². The van der Waals surface area contributed by atoms with Crippen molar-refractivity contribution in [2.45, 2.75) is 37.8 Å². The number of hydrogen-bond donors (Lipinski definition) is 4. The van der Waals surface area contributed by atoms with Crippen molar-refractivity contribution in [3.05, 3.63) is 96.1 Å². The molecule has 6 N–H and O–H groups in total. The van der Waals surface area contributed by atoms with E-state index in [1.54, 1.807) is 0 Å². The second kappa shape index (κ2) is 13.1. The van der Waals surface area contributed by atoms with Crippen LogP contribution in [0.5, 0.6) is 0 Å². The topological polar surface area (TPSA) is 127 Å². The van der Waals surface area contributed by atoms with Gasteiger partial charge in [0.15, 0.2) is 0 Å². The van der Waals surface area contributed by atoms with Crippen molar-refractivity contribution < 1.29 is 14.4 Å². The monoisotopic (exact) mass is 472 g/mol. The van der Waals surface area contributed by atoms with E-state index in [2.05, 4.69) is 10.6 Å². The average molecular weight is 473 g/mol. The summed E-state index contributed by atoms with van der Waals surface area (Å²) in [5.41, 5.74) is 15.1. The highest BCUT2D eigenvalue weighted by Crippen LogP contribution is 2.19. The maximum absolute atomic E-state index is 13.1. The van der Waals surface area contributed by atoms with Gasteiger partial charge in [-0.3, -0.25) is 14.4 Å². The SMILES string of the molecule is NCCC(=O)NC(CCc1ccccc1)C(=O)N[C@@H](Cc1ccc(-c2ccccc2)cc1)C(N)=O. The van der Waals surface area contributed by atoms with Gasteiger partial charge in [0.1, 0.15) is 12.1 Å². The molecule has 0 spiro atoms. The maximum atomic E-state index is 13.1. The molecule has 0 radical (unpaired) electrons. The highest BCUT2D eigenvalue weighted by molar-refractivity contribution is 5.91. The molecule has 0 bridgehead atoms. The van der Waals surface area contributed by atoms with Crippen molar-refractivity contribution in [3.8, 4) is 11.1 Å². The smallest absolute Gasteiger partial charge is 0.243 e. The molecule has 1 unspecified atom stereocenters. The van der Waals surface area contributed by atoms with E-state index in [0.717, 1.165) is 22.3 Å². The van der Waals surface area contributed by atoms with Gasteiger partial charge < -0.3 is 22.1 Å². The first-order valence-corrected chi connectivity index (χ1v) is 11.7. The zero-order valence-electron chi connectivity index (χ0n) is 19.7. The molecule has 3 amide bonds. The number of hydrogen-bond acceptors (Lipinski definition) is 4. The zero-order chi connectivity index (χ0) is 25.0. The van der Waals surface area contributed by atoms with Crippen LogP contribution in [0.1, 0.15) is 24.0 Å². The maximum Gasteiger partial charge on any atom is 0.243 e. The van der Waals surface area contributed by atoms with Gasteiger partial charge in [-0.25, -0.2) is 0 Å². The van der Waals surface area contributed by atoms with Gasteiger partial charge in [-0.05, 0) is 35.1 Å². The van der Waals surface area contributed by atoms with Gasteiger partial charge in [-0.15, -0.1) is 0 Å². The number of carbonyl (C=O) groups is 3. The average Bonchev–Trinajstić information content (AvgIpc) is 2.87. The van der Waals surface area contributed by atoms with Crippen LogP contribution >= 0.6 is 0 Å². The van der Waals surface area contributed by atoms with Crippen molar-refractivity contribution >= 4 is 17.7 Å². The predicted octanol–water partition coefficient (Wildman–Crippen LogP) is 2.33. The van der Waals surface area contributed by atoms with Gasteiger partial charge >= 0.3 is 0 Å². The van der Waals surface area contributed by atoms with Gasteiger partial charge in [-0.2, -0.15) is 0 Å². The standard InChI is InChI=1S/C28H32N4O3/c29-18-17-26(33)31-24(16-13-20-7-3-1-4-8-20)28(35)32-25(27(30)34)19-21-11-14-23(15-12-21)22-9-5-2-6-10-22/h1-12,14-15,24-25H,13,16-19,29H2,(H2,30,34)(H,31,33)(H,32,35)/t24?,25-/m0/s1. The number of amides is 3. The predicted molar refractivity (Wildman–Crippen MR) is 137 cm³/mol. The van der Waals surface area contributed by atoms with Gasteiger partial charge in [-0.1, -0.05) is 84.9 Å². The first-order chi connectivity index (χ1) is 17.0. The number of nitrogens with one attached hydrogen (secondary N) is 2. The van der Waals surface area contributed by atoms with Crippen LogP contribution in [-0.4, -0.2) is 36.3 Å². The molecule has 0 aliphatic heterocycles. The molecule has 35 heavy (non-hydrogen) atoms. The fourth-order valence-electron chi connectivity index (χ4n) is 3.82. The molecule has 0 saturated carbocycles. The van der Waals surface area contributed by atoms with E-state index in [4.69, 9.17) is 11.5 Å². The lowest BCUT2D eigenvalue weighted by atomic mass is 9.99. The Labute approximate surface area is 205 Å². The van der Waals surface area contributed by atoms with E-state index >= 15 is 0 Å². The molecular formula is C28H32N4O3. The number of primary amides is 1. The number of nitrogens with two attached hydrogens (primary N) is 2. The summed E-state index contributed by atoms with van der Waals surface area (Å²) in [4.78, 5) is 37.4.